The van der Waals surface area contributed by atoms with E-state index in [1.54, 1.807) is 0 Å². The zero-order valence-electron chi connectivity index (χ0n) is 12.5. The van der Waals surface area contributed by atoms with E-state index in [0.717, 1.165) is 17.6 Å². The van der Waals surface area contributed by atoms with Crippen LogP contribution in [0.2, 0.25) is 0 Å². The molecular weight excluding hydrogens is 246 g/mol. The monoisotopic (exact) mass is 271 g/mol. The fourth-order valence-corrected chi connectivity index (χ4v) is 2.73. The predicted molar refractivity (Wildman–Crippen MR) is 85.3 cm³/mol. The lowest BCUT2D eigenvalue weighted by molar-refractivity contribution is 0.484. The minimum atomic E-state index is 0.207. The van der Waals surface area contributed by atoms with Crippen LogP contribution < -0.4 is 11.3 Å². The molecule has 0 radical (unpaired) electrons. The van der Waals surface area contributed by atoms with Crippen molar-refractivity contribution in [3.05, 3.63) is 41.6 Å². The van der Waals surface area contributed by atoms with Gasteiger partial charge in [-0.1, -0.05) is 50.8 Å². The van der Waals surface area contributed by atoms with Gasteiger partial charge in [0.15, 0.2) is 0 Å². The molecule has 0 spiro atoms. The van der Waals surface area contributed by atoms with E-state index >= 15 is 0 Å². The third-order valence-electron chi connectivity index (χ3n) is 3.80. The Morgan fingerprint density at radius 1 is 1.20 bits per heavy atom. The summed E-state index contributed by atoms with van der Waals surface area (Å²) < 4.78 is 0. The fourth-order valence-electron chi connectivity index (χ4n) is 2.73. The average molecular weight is 271 g/mol. The lowest BCUT2D eigenvalue weighted by Crippen LogP contribution is -2.28. The third kappa shape index (κ3) is 3.56. The van der Waals surface area contributed by atoms with Gasteiger partial charge < -0.3 is 0 Å². The Morgan fingerprint density at radius 3 is 2.75 bits per heavy atom. The zero-order valence-corrected chi connectivity index (χ0v) is 12.5. The van der Waals surface area contributed by atoms with E-state index in [9.17, 15) is 0 Å². The van der Waals surface area contributed by atoms with Gasteiger partial charge in [-0.3, -0.25) is 16.3 Å². The highest BCUT2D eigenvalue weighted by Crippen LogP contribution is 2.27. The molecule has 3 heteroatoms. The van der Waals surface area contributed by atoms with Crippen LogP contribution in [0.4, 0.5) is 0 Å². The van der Waals surface area contributed by atoms with Gasteiger partial charge in [0.1, 0.15) is 0 Å². The molecule has 0 aliphatic carbocycles. The second-order valence-corrected chi connectivity index (χ2v) is 5.44. The molecule has 1 heterocycles. The van der Waals surface area contributed by atoms with Crippen molar-refractivity contribution in [3.8, 4) is 0 Å². The number of hydrogen-bond acceptors (Lipinski definition) is 3. The minimum absolute atomic E-state index is 0.207. The zero-order chi connectivity index (χ0) is 14.4. The van der Waals surface area contributed by atoms with E-state index in [1.807, 2.05) is 13.0 Å². The van der Waals surface area contributed by atoms with Crippen molar-refractivity contribution >= 4 is 10.9 Å². The van der Waals surface area contributed by atoms with Gasteiger partial charge in [0, 0.05) is 17.1 Å². The molecule has 0 fully saturated rings. The molecular formula is C17H25N3. The maximum atomic E-state index is 5.79. The van der Waals surface area contributed by atoms with Gasteiger partial charge >= 0.3 is 0 Å². The molecule has 0 amide bonds. The largest absolute Gasteiger partial charge is 0.271 e. The second-order valence-electron chi connectivity index (χ2n) is 5.44. The Labute approximate surface area is 121 Å². The molecule has 108 valence electrons. The molecule has 2 rings (SSSR count). The second kappa shape index (κ2) is 7.36. The number of pyridine rings is 1. The summed E-state index contributed by atoms with van der Waals surface area (Å²) in [5, 5.41) is 1.21. The molecule has 0 bridgehead atoms. The van der Waals surface area contributed by atoms with Crippen LogP contribution in [0.15, 0.2) is 30.3 Å². The Kier molecular flexibility index (Phi) is 5.50. The number of benzene rings is 1. The molecule has 0 saturated carbocycles. The van der Waals surface area contributed by atoms with Crippen LogP contribution in [0, 0.1) is 6.92 Å². The molecule has 1 unspecified atom stereocenters. The fraction of sp³-hybridized carbons (Fsp3) is 0.471. The van der Waals surface area contributed by atoms with Gasteiger partial charge in [0.05, 0.1) is 5.52 Å². The topological polar surface area (TPSA) is 50.9 Å². The number of nitrogens with one attached hydrogen (secondary N) is 1. The smallest absolute Gasteiger partial charge is 0.0708 e. The van der Waals surface area contributed by atoms with E-state index in [4.69, 9.17) is 5.84 Å². The molecule has 3 nitrogen and oxygen atoms in total. The molecule has 1 aromatic carbocycles. The summed E-state index contributed by atoms with van der Waals surface area (Å²) in [6.07, 6.45) is 6.12. The van der Waals surface area contributed by atoms with Crippen LogP contribution in [-0.4, -0.2) is 4.98 Å². The molecule has 0 aliphatic rings. The van der Waals surface area contributed by atoms with Gasteiger partial charge in [-0.25, -0.2) is 0 Å². The first-order valence-corrected chi connectivity index (χ1v) is 7.58. The van der Waals surface area contributed by atoms with Crippen LogP contribution in [0.3, 0.4) is 0 Å². The normalized spacial score (nSPS) is 12.8. The Bertz CT molecular complexity index is 551. The Morgan fingerprint density at radius 2 is 2.00 bits per heavy atom. The van der Waals surface area contributed by atoms with E-state index in [-0.39, 0.29) is 6.04 Å². The number of hydrogen-bond donors (Lipinski definition) is 2. The summed E-state index contributed by atoms with van der Waals surface area (Å²) in [5.41, 5.74) is 6.36. The summed E-state index contributed by atoms with van der Waals surface area (Å²) >= 11 is 0. The standard InChI is InChI=1S/C17H25N3/c1-3-4-5-6-11-17(20-18)15-12-13(2)19-16-10-8-7-9-14(15)16/h7-10,12,17,20H,3-6,11,18H2,1-2H3. The number of para-hydroxylation sites is 1. The highest BCUT2D eigenvalue weighted by Gasteiger charge is 2.13. The minimum Gasteiger partial charge on any atom is -0.271 e. The van der Waals surface area contributed by atoms with Gasteiger partial charge in [-0.05, 0) is 31.0 Å². The first-order valence-electron chi connectivity index (χ1n) is 7.58. The Hall–Kier alpha value is -1.45. The molecule has 20 heavy (non-hydrogen) atoms. The number of aromatic nitrogens is 1. The number of hydrazine groups is 1. The Balaban J connectivity index is 2.24. The highest BCUT2D eigenvalue weighted by atomic mass is 15.2. The van der Waals surface area contributed by atoms with Gasteiger partial charge in [-0.2, -0.15) is 0 Å². The molecule has 1 aromatic heterocycles. The summed E-state index contributed by atoms with van der Waals surface area (Å²) in [7, 11) is 0. The summed E-state index contributed by atoms with van der Waals surface area (Å²) in [6.45, 7) is 4.28. The van der Waals surface area contributed by atoms with Crippen LogP contribution in [0.25, 0.3) is 10.9 Å². The highest BCUT2D eigenvalue weighted by molar-refractivity contribution is 5.82. The lowest BCUT2D eigenvalue weighted by Gasteiger charge is -2.19. The maximum Gasteiger partial charge on any atom is 0.0708 e. The number of aryl methyl sites for hydroxylation is 1. The van der Waals surface area contributed by atoms with Crippen molar-refractivity contribution < 1.29 is 0 Å². The molecule has 0 saturated heterocycles. The van der Waals surface area contributed by atoms with Crippen molar-refractivity contribution in [2.75, 3.05) is 0 Å². The lowest BCUT2D eigenvalue weighted by atomic mass is 9.96. The maximum absolute atomic E-state index is 5.79. The number of unbranched alkanes of at least 4 members (excludes halogenated alkanes) is 3. The van der Waals surface area contributed by atoms with E-state index in [0.29, 0.717) is 0 Å². The van der Waals surface area contributed by atoms with E-state index < -0.39 is 0 Å². The summed E-state index contributed by atoms with van der Waals surface area (Å²) in [4.78, 5) is 4.59. The van der Waals surface area contributed by atoms with Crippen LogP contribution in [-0.2, 0) is 0 Å². The molecule has 3 N–H and O–H groups in total. The van der Waals surface area contributed by atoms with Crippen LogP contribution in [0.1, 0.15) is 56.3 Å². The van der Waals surface area contributed by atoms with Gasteiger partial charge in [0.25, 0.3) is 0 Å². The molecule has 0 aliphatic heterocycles. The van der Waals surface area contributed by atoms with Gasteiger partial charge in [0.2, 0.25) is 0 Å². The molecule has 1 atom stereocenters. The van der Waals surface area contributed by atoms with Crippen molar-refractivity contribution in [1.29, 1.82) is 0 Å². The van der Waals surface area contributed by atoms with Crippen molar-refractivity contribution in [2.45, 2.75) is 52.0 Å². The third-order valence-corrected chi connectivity index (χ3v) is 3.80. The first-order chi connectivity index (χ1) is 9.76. The van der Waals surface area contributed by atoms with Gasteiger partial charge in [-0.15, -0.1) is 0 Å². The number of nitrogens with zero attached hydrogens (tertiary/aromatic N) is 1. The van der Waals surface area contributed by atoms with Crippen LogP contribution in [0.5, 0.6) is 0 Å². The number of nitrogens with two attached hydrogens (primary N) is 1. The summed E-state index contributed by atoms with van der Waals surface area (Å²) in [5.74, 6) is 5.79. The average Bonchev–Trinajstić information content (AvgIpc) is 2.47. The first kappa shape index (κ1) is 14.9. The van der Waals surface area contributed by atoms with Crippen molar-refractivity contribution in [1.82, 2.24) is 10.4 Å². The predicted octanol–water partition coefficient (Wildman–Crippen LogP) is 4.02. The summed E-state index contributed by atoms with van der Waals surface area (Å²) in [6, 6.07) is 10.7. The SMILES string of the molecule is CCCCCCC(NN)c1cc(C)nc2ccccc12. The molecule has 2 aromatic rings. The number of rotatable bonds is 7. The quantitative estimate of drug-likeness (QED) is 0.454. The van der Waals surface area contributed by atoms with E-state index in [1.165, 1.54) is 36.6 Å². The van der Waals surface area contributed by atoms with Crippen molar-refractivity contribution in [2.24, 2.45) is 5.84 Å². The van der Waals surface area contributed by atoms with E-state index in [2.05, 4.69) is 41.6 Å². The van der Waals surface area contributed by atoms with Crippen LogP contribution >= 0.6 is 0 Å². The van der Waals surface area contributed by atoms with Crippen molar-refractivity contribution in [3.63, 3.8) is 0 Å². The number of fused-ring (bicyclic) bond motifs is 1.